The number of amides is 1. The molecule has 37 heavy (non-hydrogen) atoms. The Morgan fingerprint density at radius 1 is 1.16 bits per heavy atom. The van der Waals surface area contributed by atoms with E-state index in [0.29, 0.717) is 49.1 Å². The summed E-state index contributed by atoms with van der Waals surface area (Å²) in [5.41, 5.74) is 3.63. The Bertz CT molecular complexity index is 1340. The smallest absolute Gasteiger partial charge is 0.208 e. The summed E-state index contributed by atoms with van der Waals surface area (Å²) >= 11 is 6.02. The van der Waals surface area contributed by atoms with Gasteiger partial charge in [0.25, 0.3) is 0 Å². The minimum atomic E-state index is -0.0155. The van der Waals surface area contributed by atoms with Crippen molar-refractivity contribution in [3.8, 4) is 5.75 Å². The molecule has 2 N–H and O–H groups in total. The monoisotopic (exact) mass is 521 g/mol. The molecular weight excluding hydrogens is 492 g/mol. The third-order valence-corrected chi connectivity index (χ3v) is 6.90. The highest BCUT2D eigenvalue weighted by molar-refractivity contribution is 6.30. The lowest BCUT2D eigenvalue weighted by Crippen LogP contribution is -2.59. The van der Waals surface area contributed by atoms with Crippen molar-refractivity contribution in [2.75, 3.05) is 44.7 Å². The lowest BCUT2D eigenvalue weighted by Gasteiger charge is -2.40. The number of fused-ring (bicyclic) bond motifs is 1. The molecule has 192 valence electrons. The van der Waals surface area contributed by atoms with Crippen LogP contribution in [0.1, 0.15) is 11.6 Å². The third kappa shape index (κ3) is 5.85. The predicted octanol–water partition coefficient (Wildman–Crippen LogP) is 4.04. The zero-order valence-corrected chi connectivity index (χ0v) is 21.4. The first-order chi connectivity index (χ1) is 18.0. The molecule has 9 nitrogen and oxygen atoms in total. The maximum Gasteiger partial charge on any atom is 0.208 e. The van der Waals surface area contributed by atoms with E-state index in [9.17, 15) is 4.79 Å². The van der Waals surface area contributed by atoms with Gasteiger partial charge < -0.3 is 24.8 Å². The zero-order valence-electron chi connectivity index (χ0n) is 20.6. The maximum atomic E-state index is 11.1. The minimum absolute atomic E-state index is 0.0155. The molecule has 1 amide bonds. The number of aryl methyl sites for hydroxylation is 1. The second-order valence-corrected chi connectivity index (χ2v) is 9.58. The summed E-state index contributed by atoms with van der Waals surface area (Å²) in [5.74, 6) is 1.44. The van der Waals surface area contributed by atoms with E-state index in [-0.39, 0.29) is 5.92 Å². The molecule has 1 unspecified atom stereocenters. The van der Waals surface area contributed by atoms with Crippen molar-refractivity contribution in [1.29, 1.82) is 0 Å². The summed E-state index contributed by atoms with van der Waals surface area (Å²) in [6.07, 6.45) is 2.50. The number of anilines is 2. The number of morpholine rings is 1. The number of rotatable bonds is 10. The molecule has 0 radical (unpaired) electrons. The van der Waals surface area contributed by atoms with Gasteiger partial charge in [0.15, 0.2) is 5.75 Å². The molecule has 3 heterocycles. The Morgan fingerprint density at radius 2 is 1.97 bits per heavy atom. The fourth-order valence-electron chi connectivity index (χ4n) is 4.69. The summed E-state index contributed by atoms with van der Waals surface area (Å²) < 4.78 is 8.05. The lowest BCUT2D eigenvalue weighted by molar-refractivity contribution is -1.08. The molecule has 2 aromatic heterocycles. The number of hydrogen-bond acceptors (Lipinski definition) is 6. The van der Waals surface area contributed by atoms with Crippen LogP contribution in [0.3, 0.4) is 0 Å². The lowest BCUT2D eigenvalue weighted by atomic mass is 10.0. The highest BCUT2D eigenvalue weighted by Crippen LogP contribution is 2.29. The van der Waals surface area contributed by atoms with Crippen molar-refractivity contribution in [2.24, 2.45) is 7.05 Å². The number of pyridine rings is 1. The van der Waals surface area contributed by atoms with Crippen molar-refractivity contribution in [3.63, 3.8) is 0 Å². The molecule has 1 aliphatic heterocycles. The molecule has 2 aromatic carbocycles. The van der Waals surface area contributed by atoms with Crippen LogP contribution in [0.15, 0.2) is 66.9 Å². The molecule has 1 atom stereocenters. The number of aromatic nitrogens is 3. The van der Waals surface area contributed by atoms with Crippen molar-refractivity contribution in [1.82, 2.24) is 19.9 Å². The molecule has 0 aliphatic carbocycles. The molecule has 1 aliphatic rings. The Morgan fingerprint density at radius 3 is 2.70 bits per heavy atom. The zero-order chi connectivity index (χ0) is 25.7. The van der Waals surface area contributed by atoms with Gasteiger partial charge in [-0.25, -0.2) is 4.98 Å². The number of imidazole rings is 1. The quantitative estimate of drug-likeness (QED) is 0.242. The Hall–Kier alpha value is -3.66. The molecular formula is C27H30ClN6O3+. The standard InChI is InChI=1S/C27H29ClN6O3/c1-33-26-10-9-23(16-25(26)32-27(33)31-22-7-5-21(28)6-8-22)37-34(12-14-36-15-13-34)18-20(17-29-19-35)24-4-2-3-11-30-24/h2-11,16,19-20H,12-15,17-18H2,1H3,(H-,29,31,32,35)/p+1. The highest BCUT2D eigenvalue weighted by Gasteiger charge is 2.38. The number of ether oxygens (including phenoxy) is 1. The van der Waals surface area contributed by atoms with Gasteiger partial charge >= 0.3 is 0 Å². The third-order valence-electron chi connectivity index (χ3n) is 6.64. The van der Waals surface area contributed by atoms with Gasteiger partial charge in [0.1, 0.15) is 19.6 Å². The molecule has 4 aromatic rings. The van der Waals surface area contributed by atoms with Crippen LogP contribution in [0, 0.1) is 0 Å². The fourth-order valence-corrected chi connectivity index (χ4v) is 4.82. The van der Waals surface area contributed by atoms with Gasteiger partial charge in [-0.1, -0.05) is 17.7 Å². The molecule has 1 saturated heterocycles. The first kappa shape index (κ1) is 25.0. The van der Waals surface area contributed by atoms with E-state index in [1.807, 2.05) is 72.3 Å². The summed E-state index contributed by atoms with van der Waals surface area (Å²) in [6.45, 7) is 3.69. The van der Waals surface area contributed by atoms with Crippen LogP contribution in [-0.2, 0) is 16.6 Å². The molecule has 10 heteroatoms. The van der Waals surface area contributed by atoms with Crippen LogP contribution < -0.4 is 15.5 Å². The van der Waals surface area contributed by atoms with Gasteiger partial charge in [0.2, 0.25) is 12.4 Å². The van der Waals surface area contributed by atoms with Crippen LogP contribution in [0.25, 0.3) is 11.0 Å². The maximum absolute atomic E-state index is 11.1. The van der Waals surface area contributed by atoms with Crippen molar-refractivity contribution < 1.29 is 19.0 Å². The van der Waals surface area contributed by atoms with E-state index in [1.165, 1.54) is 0 Å². The summed E-state index contributed by atoms with van der Waals surface area (Å²) in [4.78, 5) is 27.1. The van der Waals surface area contributed by atoms with E-state index < -0.39 is 0 Å². The van der Waals surface area contributed by atoms with Gasteiger partial charge in [-0.2, -0.15) is 0 Å². The van der Waals surface area contributed by atoms with Crippen molar-refractivity contribution >= 4 is 40.7 Å². The Kier molecular flexibility index (Phi) is 7.55. The van der Waals surface area contributed by atoms with E-state index >= 15 is 0 Å². The first-order valence-corrected chi connectivity index (χ1v) is 12.6. The Labute approximate surface area is 220 Å². The number of quaternary nitrogens is 1. The number of carbonyl (C=O) groups is 1. The summed E-state index contributed by atoms with van der Waals surface area (Å²) in [5, 5.41) is 6.86. The number of nitrogens with one attached hydrogen (secondary N) is 2. The highest BCUT2D eigenvalue weighted by atomic mass is 35.5. The number of halogens is 1. The van der Waals surface area contributed by atoms with Gasteiger partial charge in [-0.05, 0) is 48.5 Å². The second kappa shape index (κ2) is 11.2. The second-order valence-electron chi connectivity index (χ2n) is 9.15. The van der Waals surface area contributed by atoms with Gasteiger partial charge in [0.05, 0.1) is 35.9 Å². The molecule has 1 fully saturated rings. The van der Waals surface area contributed by atoms with Crippen LogP contribution in [0.5, 0.6) is 5.75 Å². The average molecular weight is 522 g/mol. The molecule has 0 saturated carbocycles. The van der Waals surface area contributed by atoms with Crippen LogP contribution >= 0.6 is 11.6 Å². The van der Waals surface area contributed by atoms with E-state index in [1.54, 1.807) is 6.20 Å². The molecule has 0 bridgehead atoms. The van der Waals surface area contributed by atoms with Gasteiger partial charge in [-0.15, -0.1) is 4.65 Å². The predicted molar refractivity (Wildman–Crippen MR) is 143 cm³/mol. The van der Waals surface area contributed by atoms with Crippen molar-refractivity contribution in [3.05, 3.63) is 77.6 Å². The van der Waals surface area contributed by atoms with Crippen LogP contribution in [-0.4, -0.2) is 65.0 Å². The van der Waals surface area contributed by atoms with Crippen LogP contribution in [0.4, 0.5) is 11.6 Å². The Balaban J connectivity index is 1.40. The molecule has 0 spiro atoms. The largest absolute Gasteiger partial charge is 0.369 e. The van der Waals surface area contributed by atoms with E-state index in [4.69, 9.17) is 26.2 Å². The molecule has 5 rings (SSSR count). The topological polar surface area (TPSA) is 90.3 Å². The van der Waals surface area contributed by atoms with Crippen molar-refractivity contribution in [2.45, 2.75) is 5.92 Å². The fraction of sp³-hybridized carbons (Fsp3) is 0.296. The van der Waals surface area contributed by atoms with Crippen LogP contribution in [0.2, 0.25) is 5.02 Å². The average Bonchev–Trinajstić information content (AvgIpc) is 3.23. The normalized spacial score (nSPS) is 15.7. The van der Waals surface area contributed by atoms with E-state index in [0.717, 1.165) is 40.5 Å². The SMILES string of the molecule is Cn1c(Nc2ccc(Cl)cc2)nc2cc(O[N+]3(CC(CNC=O)c4ccccn4)CCOCC3)ccc21. The first-order valence-electron chi connectivity index (χ1n) is 12.3. The van der Waals surface area contributed by atoms with Gasteiger partial charge in [0, 0.05) is 36.6 Å². The number of carbonyl (C=O) groups excluding carboxylic acids is 1. The van der Waals surface area contributed by atoms with E-state index in [2.05, 4.69) is 15.6 Å². The van der Waals surface area contributed by atoms with Gasteiger partial charge in [-0.3, -0.25) is 9.78 Å². The summed E-state index contributed by atoms with van der Waals surface area (Å²) in [7, 11) is 1.97. The minimum Gasteiger partial charge on any atom is -0.369 e. The number of hydrogen-bond donors (Lipinski definition) is 2. The summed E-state index contributed by atoms with van der Waals surface area (Å²) in [6, 6.07) is 19.3. The number of hydroxylamine groups is 3. The number of nitrogens with zero attached hydrogens (tertiary/aromatic N) is 4. The number of benzene rings is 2.